The van der Waals surface area contributed by atoms with Gasteiger partial charge in [0.1, 0.15) is 5.75 Å². The first-order valence-corrected chi connectivity index (χ1v) is 8.29. The van der Waals surface area contributed by atoms with E-state index in [1.807, 2.05) is 11.8 Å². The van der Waals surface area contributed by atoms with Crippen LogP contribution in [0.1, 0.15) is 25.3 Å². The number of piperidine rings is 1. The first kappa shape index (κ1) is 19.5. The van der Waals surface area contributed by atoms with Gasteiger partial charge in [-0.05, 0) is 50.2 Å². The number of alkyl halides is 3. The fourth-order valence-electron chi connectivity index (χ4n) is 3.21. The molecule has 0 spiro atoms. The molecule has 0 aromatic heterocycles. The maximum Gasteiger partial charge on any atom is 0.573 e. The first-order valence-electron chi connectivity index (χ1n) is 8.29. The zero-order valence-corrected chi connectivity index (χ0v) is 14.1. The van der Waals surface area contributed by atoms with Gasteiger partial charge in [-0.15, -0.1) is 13.2 Å². The Labute approximate surface area is 145 Å². The van der Waals surface area contributed by atoms with Gasteiger partial charge in [-0.2, -0.15) is 0 Å². The number of carboxylic acids is 1. The van der Waals surface area contributed by atoms with E-state index in [1.54, 1.807) is 12.1 Å². The highest BCUT2D eigenvalue weighted by molar-refractivity contribution is 5.69. The predicted molar refractivity (Wildman–Crippen MR) is 86.3 cm³/mol. The molecule has 1 heterocycles. The third-order valence-electron chi connectivity index (χ3n) is 4.36. The molecule has 1 N–H and O–H groups in total. The maximum absolute atomic E-state index is 12.3. The van der Waals surface area contributed by atoms with Gasteiger partial charge in [-0.25, -0.2) is 0 Å². The minimum absolute atomic E-state index is 0.0397. The second kappa shape index (κ2) is 8.53. The number of aliphatic carboxylic acids is 1. The molecule has 140 valence electrons. The summed E-state index contributed by atoms with van der Waals surface area (Å²) in [4.78, 5) is 15.0. The van der Waals surface area contributed by atoms with Crippen molar-refractivity contribution in [1.82, 2.24) is 9.80 Å². The Morgan fingerprint density at radius 1 is 1.36 bits per heavy atom. The van der Waals surface area contributed by atoms with Crippen LogP contribution < -0.4 is 4.74 Å². The molecular weight excluding hydrogens is 337 g/mol. The van der Waals surface area contributed by atoms with Crippen LogP contribution in [0.3, 0.4) is 0 Å². The summed E-state index contributed by atoms with van der Waals surface area (Å²) in [5, 5.41) is 8.96. The van der Waals surface area contributed by atoms with Crippen molar-refractivity contribution in [2.75, 3.05) is 26.2 Å². The molecule has 1 saturated heterocycles. The van der Waals surface area contributed by atoms with E-state index >= 15 is 0 Å². The largest absolute Gasteiger partial charge is 0.573 e. The molecule has 8 heteroatoms. The third kappa shape index (κ3) is 6.55. The Kier molecular flexibility index (Phi) is 6.66. The van der Waals surface area contributed by atoms with Crippen LogP contribution in [0, 0.1) is 0 Å². The summed E-state index contributed by atoms with van der Waals surface area (Å²) in [6.45, 7) is 4.79. The quantitative estimate of drug-likeness (QED) is 0.810. The van der Waals surface area contributed by atoms with E-state index in [0.29, 0.717) is 13.1 Å². The number of hydrogen-bond donors (Lipinski definition) is 1. The Hall–Kier alpha value is -1.80. The number of benzene rings is 1. The fraction of sp³-hybridized carbons (Fsp3) is 0.588. The van der Waals surface area contributed by atoms with E-state index in [-0.39, 0.29) is 18.3 Å². The van der Waals surface area contributed by atoms with Crippen molar-refractivity contribution in [3.63, 3.8) is 0 Å². The van der Waals surface area contributed by atoms with Crippen molar-refractivity contribution < 1.29 is 27.8 Å². The van der Waals surface area contributed by atoms with Gasteiger partial charge < -0.3 is 9.84 Å². The molecule has 0 unspecified atom stereocenters. The number of nitrogens with zero attached hydrogens (tertiary/aromatic N) is 2. The smallest absolute Gasteiger partial charge is 0.480 e. The second-order valence-corrected chi connectivity index (χ2v) is 6.16. The lowest BCUT2D eigenvalue weighted by Gasteiger charge is -2.37. The zero-order chi connectivity index (χ0) is 18.4. The molecule has 0 saturated carbocycles. The topological polar surface area (TPSA) is 53.0 Å². The molecule has 5 nitrogen and oxygen atoms in total. The molecule has 0 radical (unpaired) electrons. The molecule has 25 heavy (non-hydrogen) atoms. The van der Waals surface area contributed by atoms with Crippen molar-refractivity contribution in [3.8, 4) is 5.75 Å². The number of likely N-dealkylation sites (N-methyl/N-ethyl adjacent to an activating group) is 1. The molecule has 1 aliphatic heterocycles. The molecule has 2 rings (SSSR count). The Balaban J connectivity index is 1.87. The molecule has 1 aromatic carbocycles. The lowest BCUT2D eigenvalue weighted by Crippen LogP contribution is -2.46. The summed E-state index contributed by atoms with van der Waals surface area (Å²) in [5.74, 6) is -1.04. The second-order valence-electron chi connectivity index (χ2n) is 6.16. The van der Waals surface area contributed by atoms with Crippen LogP contribution in [0.4, 0.5) is 13.2 Å². The molecule has 1 aliphatic rings. The van der Waals surface area contributed by atoms with E-state index in [0.717, 1.165) is 31.5 Å². The third-order valence-corrected chi connectivity index (χ3v) is 4.36. The van der Waals surface area contributed by atoms with Crippen LogP contribution in [0.2, 0.25) is 0 Å². The summed E-state index contributed by atoms with van der Waals surface area (Å²) >= 11 is 0. The summed E-state index contributed by atoms with van der Waals surface area (Å²) in [6.07, 6.45) is -3.00. The number of carboxylic acid groups (broad SMARTS) is 1. The average molecular weight is 360 g/mol. The SMILES string of the molecule is CCN(CC(=O)O)C1CCN(Cc2cccc(OC(F)(F)F)c2)CC1. The Morgan fingerprint density at radius 3 is 2.60 bits per heavy atom. The number of rotatable bonds is 7. The van der Waals surface area contributed by atoms with Gasteiger partial charge in [-0.3, -0.25) is 14.6 Å². The number of ether oxygens (including phenoxy) is 1. The minimum Gasteiger partial charge on any atom is -0.480 e. The van der Waals surface area contributed by atoms with Crippen LogP contribution >= 0.6 is 0 Å². The molecule has 0 atom stereocenters. The summed E-state index contributed by atoms with van der Waals surface area (Å²) in [7, 11) is 0. The molecule has 0 amide bonds. The van der Waals surface area contributed by atoms with E-state index < -0.39 is 12.3 Å². The normalized spacial score (nSPS) is 17.0. The maximum atomic E-state index is 12.3. The van der Waals surface area contributed by atoms with Crippen LogP contribution in [0.25, 0.3) is 0 Å². The monoisotopic (exact) mass is 360 g/mol. The van der Waals surface area contributed by atoms with Crippen LogP contribution in [-0.4, -0.2) is 59.5 Å². The lowest BCUT2D eigenvalue weighted by atomic mass is 10.0. The lowest BCUT2D eigenvalue weighted by molar-refractivity contribution is -0.274. The fourth-order valence-corrected chi connectivity index (χ4v) is 3.21. The number of carbonyl (C=O) groups is 1. The van der Waals surface area contributed by atoms with E-state index in [2.05, 4.69) is 9.64 Å². The highest BCUT2D eigenvalue weighted by Crippen LogP contribution is 2.24. The Bertz CT molecular complexity index is 573. The summed E-state index contributed by atoms with van der Waals surface area (Å²) in [6, 6.07) is 6.25. The van der Waals surface area contributed by atoms with E-state index in [9.17, 15) is 18.0 Å². The zero-order valence-electron chi connectivity index (χ0n) is 14.1. The van der Waals surface area contributed by atoms with Gasteiger partial charge in [0.25, 0.3) is 0 Å². The molecular formula is C17H23F3N2O3. The van der Waals surface area contributed by atoms with Gasteiger partial charge in [0.2, 0.25) is 0 Å². The number of likely N-dealkylation sites (tertiary alicyclic amines) is 1. The van der Waals surface area contributed by atoms with Gasteiger partial charge >= 0.3 is 12.3 Å². The molecule has 1 aromatic rings. The van der Waals surface area contributed by atoms with Gasteiger partial charge in [0.05, 0.1) is 6.54 Å². The molecule has 0 aliphatic carbocycles. The summed E-state index contributed by atoms with van der Waals surface area (Å²) < 4.78 is 40.8. The van der Waals surface area contributed by atoms with Crippen molar-refractivity contribution >= 4 is 5.97 Å². The van der Waals surface area contributed by atoms with Gasteiger partial charge in [0, 0.05) is 12.6 Å². The summed E-state index contributed by atoms with van der Waals surface area (Å²) in [5.41, 5.74) is 0.762. The minimum atomic E-state index is -4.69. The van der Waals surface area contributed by atoms with Gasteiger partial charge in [0.15, 0.2) is 0 Å². The van der Waals surface area contributed by atoms with Crippen molar-refractivity contribution in [1.29, 1.82) is 0 Å². The number of hydrogen-bond acceptors (Lipinski definition) is 4. The predicted octanol–water partition coefficient (Wildman–Crippen LogP) is 2.96. The van der Waals surface area contributed by atoms with Crippen molar-refractivity contribution in [2.24, 2.45) is 0 Å². The van der Waals surface area contributed by atoms with E-state index in [1.165, 1.54) is 12.1 Å². The van der Waals surface area contributed by atoms with Crippen molar-refractivity contribution in [3.05, 3.63) is 29.8 Å². The Morgan fingerprint density at radius 2 is 2.04 bits per heavy atom. The molecule has 0 bridgehead atoms. The molecule has 1 fully saturated rings. The first-order chi connectivity index (χ1) is 11.8. The highest BCUT2D eigenvalue weighted by Gasteiger charge is 2.31. The van der Waals surface area contributed by atoms with Crippen LogP contribution in [-0.2, 0) is 11.3 Å². The van der Waals surface area contributed by atoms with Crippen LogP contribution in [0.15, 0.2) is 24.3 Å². The average Bonchev–Trinajstić information content (AvgIpc) is 2.52. The number of halogens is 3. The standard InChI is InChI=1S/C17H23F3N2O3/c1-2-22(12-16(23)24)14-6-8-21(9-7-14)11-13-4-3-5-15(10-13)25-17(18,19)20/h3-5,10,14H,2,6-9,11-12H2,1H3,(H,23,24). The van der Waals surface area contributed by atoms with Crippen molar-refractivity contribution in [2.45, 2.75) is 38.7 Å². The highest BCUT2D eigenvalue weighted by atomic mass is 19.4. The van der Waals surface area contributed by atoms with Gasteiger partial charge in [-0.1, -0.05) is 19.1 Å². The van der Waals surface area contributed by atoms with E-state index in [4.69, 9.17) is 5.11 Å². The van der Waals surface area contributed by atoms with Crippen LogP contribution in [0.5, 0.6) is 5.75 Å².